The van der Waals surface area contributed by atoms with Gasteiger partial charge in [-0.2, -0.15) is 0 Å². The Hall–Kier alpha value is -0.840. The highest BCUT2D eigenvalue weighted by atomic mass is 79.9. The molecular formula is C17H21BrN2S. The van der Waals surface area contributed by atoms with Crippen LogP contribution >= 0.6 is 27.7 Å². The van der Waals surface area contributed by atoms with E-state index in [1.165, 1.54) is 10.5 Å². The van der Waals surface area contributed by atoms with E-state index in [1.807, 2.05) is 24.0 Å². The first-order valence-corrected chi connectivity index (χ1v) is 8.94. The van der Waals surface area contributed by atoms with E-state index in [0.29, 0.717) is 5.92 Å². The zero-order valence-electron chi connectivity index (χ0n) is 12.5. The fourth-order valence-corrected chi connectivity index (χ4v) is 3.03. The first-order valence-electron chi connectivity index (χ1n) is 7.16. The zero-order valence-corrected chi connectivity index (χ0v) is 14.9. The Morgan fingerprint density at radius 2 is 2.10 bits per heavy atom. The van der Waals surface area contributed by atoms with Crippen LogP contribution in [0.4, 0.5) is 0 Å². The molecule has 1 aromatic heterocycles. The van der Waals surface area contributed by atoms with Gasteiger partial charge in [0.1, 0.15) is 0 Å². The molecule has 0 unspecified atom stereocenters. The Morgan fingerprint density at radius 3 is 2.81 bits per heavy atom. The maximum Gasteiger partial charge on any atom is 0.0507 e. The number of halogens is 1. The fourth-order valence-electron chi connectivity index (χ4n) is 1.90. The van der Waals surface area contributed by atoms with Crippen molar-refractivity contribution in [2.24, 2.45) is 5.92 Å². The Balaban J connectivity index is 1.87. The summed E-state index contributed by atoms with van der Waals surface area (Å²) in [5.74, 6) is 1.59. The summed E-state index contributed by atoms with van der Waals surface area (Å²) in [7, 11) is 0. The summed E-state index contributed by atoms with van der Waals surface area (Å²) >= 11 is 5.24. The number of rotatable bonds is 7. The fraction of sp³-hybridized carbons (Fsp3) is 0.353. The minimum atomic E-state index is 0.686. The van der Waals surface area contributed by atoms with E-state index in [2.05, 4.69) is 70.4 Å². The molecule has 112 valence electrons. The van der Waals surface area contributed by atoms with Crippen LogP contribution in [0.2, 0.25) is 0 Å². The summed E-state index contributed by atoms with van der Waals surface area (Å²) in [6.45, 7) is 6.44. The van der Waals surface area contributed by atoms with Crippen LogP contribution in [0, 0.1) is 5.92 Å². The van der Waals surface area contributed by atoms with E-state index in [0.717, 1.165) is 29.0 Å². The van der Waals surface area contributed by atoms with Gasteiger partial charge < -0.3 is 5.32 Å². The third kappa shape index (κ3) is 6.20. The monoisotopic (exact) mass is 364 g/mol. The Bertz CT molecular complexity index is 555. The molecule has 0 bridgehead atoms. The summed E-state index contributed by atoms with van der Waals surface area (Å²) in [6, 6.07) is 12.8. The highest BCUT2D eigenvalue weighted by Gasteiger charge is 2.00. The Morgan fingerprint density at radius 1 is 1.24 bits per heavy atom. The van der Waals surface area contributed by atoms with Crippen molar-refractivity contribution in [1.82, 2.24) is 10.3 Å². The van der Waals surface area contributed by atoms with Crippen molar-refractivity contribution in [3.8, 4) is 0 Å². The number of aromatic nitrogens is 1. The van der Waals surface area contributed by atoms with Crippen LogP contribution in [-0.2, 0) is 12.3 Å². The van der Waals surface area contributed by atoms with Crippen molar-refractivity contribution < 1.29 is 0 Å². The minimum Gasteiger partial charge on any atom is -0.312 e. The van der Waals surface area contributed by atoms with E-state index in [9.17, 15) is 0 Å². The molecule has 0 aliphatic carbocycles. The van der Waals surface area contributed by atoms with Crippen molar-refractivity contribution >= 4 is 27.7 Å². The largest absolute Gasteiger partial charge is 0.312 e. The second-order valence-electron chi connectivity index (χ2n) is 5.43. The van der Waals surface area contributed by atoms with Crippen molar-refractivity contribution in [1.29, 1.82) is 0 Å². The number of hydrogen-bond donors (Lipinski definition) is 1. The Kier molecular flexibility index (Phi) is 6.74. The van der Waals surface area contributed by atoms with Crippen LogP contribution in [0.5, 0.6) is 0 Å². The van der Waals surface area contributed by atoms with Gasteiger partial charge in [0.05, 0.1) is 5.69 Å². The molecule has 0 aliphatic rings. The summed E-state index contributed by atoms with van der Waals surface area (Å²) < 4.78 is 1.02. The molecule has 2 aromatic rings. The molecule has 4 heteroatoms. The van der Waals surface area contributed by atoms with Gasteiger partial charge in [-0.3, -0.25) is 4.98 Å². The molecule has 0 amide bonds. The van der Waals surface area contributed by atoms with Gasteiger partial charge in [-0.05, 0) is 58.2 Å². The first-order chi connectivity index (χ1) is 10.1. The quantitative estimate of drug-likeness (QED) is 0.708. The highest BCUT2D eigenvalue weighted by molar-refractivity contribution is 9.10. The second-order valence-corrected chi connectivity index (χ2v) is 7.39. The molecule has 0 atom stereocenters. The Labute approximate surface area is 139 Å². The van der Waals surface area contributed by atoms with Crippen LogP contribution in [0.25, 0.3) is 0 Å². The maximum atomic E-state index is 4.40. The molecule has 2 rings (SSSR count). The average molecular weight is 365 g/mol. The zero-order chi connectivity index (χ0) is 15.1. The predicted octanol–water partition coefficient (Wildman–Crippen LogP) is 4.88. The van der Waals surface area contributed by atoms with Gasteiger partial charge >= 0.3 is 0 Å². The van der Waals surface area contributed by atoms with Crippen LogP contribution in [0.1, 0.15) is 25.1 Å². The highest BCUT2D eigenvalue weighted by Crippen LogP contribution is 2.23. The second kappa shape index (κ2) is 8.57. The van der Waals surface area contributed by atoms with Crippen molar-refractivity contribution in [2.45, 2.75) is 31.0 Å². The lowest BCUT2D eigenvalue weighted by Gasteiger charge is -2.09. The van der Waals surface area contributed by atoms with Crippen molar-refractivity contribution in [3.63, 3.8) is 0 Å². The lowest BCUT2D eigenvalue weighted by atomic mass is 10.2. The van der Waals surface area contributed by atoms with Gasteiger partial charge in [-0.15, -0.1) is 11.8 Å². The van der Waals surface area contributed by atoms with Crippen LogP contribution in [0.3, 0.4) is 0 Å². The molecule has 0 spiro atoms. The SMILES string of the molecule is CC(C)CNCc1cccc(SCc2ccc(Br)cn2)c1. The third-order valence-corrected chi connectivity index (χ3v) is 4.45. The molecule has 1 N–H and O–H groups in total. The summed E-state index contributed by atoms with van der Waals surface area (Å²) in [5, 5.41) is 3.48. The molecular weight excluding hydrogens is 344 g/mol. The van der Waals surface area contributed by atoms with Gasteiger partial charge in [0, 0.05) is 27.9 Å². The number of thioether (sulfide) groups is 1. The minimum absolute atomic E-state index is 0.686. The van der Waals surface area contributed by atoms with Crippen molar-refractivity contribution in [2.75, 3.05) is 6.54 Å². The van der Waals surface area contributed by atoms with Crippen LogP contribution in [0.15, 0.2) is 52.0 Å². The molecule has 1 heterocycles. The van der Waals surface area contributed by atoms with E-state index in [4.69, 9.17) is 0 Å². The molecule has 21 heavy (non-hydrogen) atoms. The summed E-state index contributed by atoms with van der Waals surface area (Å²) in [6.07, 6.45) is 1.85. The molecule has 0 aliphatic heterocycles. The van der Waals surface area contributed by atoms with Crippen LogP contribution < -0.4 is 5.32 Å². The van der Waals surface area contributed by atoms with E-state index in [-0.39, 0.29) is 0 Å². The van der Waals surface area contributed by atoms with E-state index in [1.54, 1.807) is 0 Å². The molecule has 1 aromatic carbocycles. The number of benzene rings is 1. The van der Waals surface area contributed by atoms with Gasteiger partial charge in [0.15, 0.2) is 0 Å². The van der Waals surface area contributed by atoms with Gasteiger partial charge in [-0.25, -0.2) is 0 Å². The van der Waals surface area contributed by atoms with Gasteiger partial charge in [0.25, 0.3) is 0 Å². The summed E-state index contributed by atoms with van der Waals surface area (Å²) in [5.41, 5.74) is 2.44. The van der Waals surface area contributed by atoms with Gasteiger partial charge in [-0.1, -0.05) is 26.0 Å². The first kappa shape index (κ1) is 16.5. The summed E-state index contributed by atoms with van der Waals surface area (Å²) in [4.78, 5) is 5.70. The molecule has 0 saturated carbocycles. The maximum absolute atomic E-state index is 4.40. The van der Waals surface area contributed by atoms with Crippen molar-refractivity contribution in [3.05, 3.63) is 58.3 Å². The van der Waals surface area contributed by atoms with E-state index < -0.39 is 0 Å². The standard InChI is InChI=1S/C17H21BrN2S/c1-13(2)9-19-10-14-4-3-5-17(8-14)21-12-16-7-6-15(18)11-20-16/h3-8,11,13,19H,9-10,12H2,1-2H3. The topological polar surface area (TPSA) is 24.9 Å². The number of hydrogen-bond acceptors (Lipinski definition) is 3. The molecule has 2 nitrogen and oxygen atoms in total. The normalized spacial score (nSPS) is 11.0. The molecule has 0 saturated heterocycles. The lowest BCUT2D eigenvalue weighted by Crippen LogP contribution is -2.18. The number of nitrogens with zero attached hydrogens (tertiary/aromatic N) is 1. The van der Waals surface area contributed by atoms with Crippen LogP contribution in [-0.4, -0.2) is 11.5 Å². The number of nitrogens with one attached hydrogen (secondary N) is 1. The average Bonchev–Trinajstić information content (AvgIpc) is 2.47. The lowest BCUT2D eigenvalue weighted by molar-refractivity contribution is 0.552. The number of pyridine rings is 1. The molecule has 0 radical (unpaired) electrons. The predicted molar refractivity (Wildman–Crippen MR) is 94.5 cm³/mol. The third-order valence-electron chi connectivity index (χ3n) is 2.96. The van der Waals surface area contributed by atoms with Gasteiger partial charge in [0.2, 0.25) is 0 Å². The van der Waals surface area contributed by atoms with E-state index >= 15 is 0 Å². The smallest absolute Gasteiger partial charge is 0.0507 e. The molecule has 0 fully saturated rings.